The zero-order valence-corrected chi connectivity index (χ0v) is 31.2. The van der Waals surface area contributed by atoms with E-state index in [0.717, 1.165) is 0 Å². The van der Waals surface area contributed by atoms with Crippen LogP contribution in [0.4, 0.5) is 4.79 Å². The van der Waals surface area contributed by atoms with Crippen molar-refractivity contribution in [3.63, 3.8) is 0 Å². The first-order chi connectivity index (χ1) is 24.0. The van der Waals surface area contributed by atoms with Gasteiger partial charge in [0.15, 0.2) is 23.7 Å². The fraction of sp³-hybridized carbons (Fsp3) is 0.658. The van der Waals surface area contributed by atoms with Gasteiger partial charge in [-0.15, -0.1) is 0 Å². The lowest BCUT2D eigenvalue weighted by atomic mass is 9.42. The Morgan fingerprint density at radius 2 is 1.65 bits per heavy atom. The molecule has 1 amide bonds. The van der Waals surface area contributed by atoms with Gasteiger partial charge >= 0.3 is 24.0 Å². The zero-order valence-electron chi connectivity index (χ0n) is 31.2. The number of Topliss-reactive ketones (excluding diaryl/α,β-unsaturated/α-hetero) is 1. The number of alkyl carbamates (subject to hydrolysis) is 1. The highest BCUT2D eigenvalue weighted by molar-refractivity contribution is 5.99. The molecular weight excluding hydrogens is 678 g/mol. The molecule has 52 heavy (non-hydrogen) atoms. The van der Waals surface area contributed by atoms with Gasteiger partial charge in [-0.05, 0) is 51.8 Å². The Bertz CT molecular complexity index is 1650. The van der Waals surface area contributed by atoms with Gasteiger partial charge in [-0.25, -0.2) is 14.4 Å². The molecule has 5 rings (SSSR count). The number of carbonyl (C=O) groups excluding carboxylic acids is 5. The van der Waals surface area contributed by atoms with Crippen molar-refractivity contribution in [2.75, 3.05) is 6.61 Å². The number of fused-ring (bicyclic) bond motifs is 5. The zero-order chi connectivity index (χ0) is 38.8. The van der Waals surface area contributed by atoms with E-state index in [1.807, 2.05) is 19.2 Å². The number of rotatable bonds is 7. The van der Waals surface area contributed by atoms with E-state index in [-0.39, 0.29) is 37.2 Å². The van der Waals surface area contributed by atoms with Gasteiger partial charge in [-0.1, -0.05) is 45.9 Å². The summed E-state index contributed by atoms with van der Waals surface area (Å²) in [6.45, 7) is 14.8. The quantitative estimate of drug-likeness (QED) is 0.181. The van der Waals surface area contributed by atoms with Crippen LogP contribution in [0.3, 0.4) is 0 Å². The number of ether oxygens (including phenoxy) is 5. The minimum Gasteiger partial charge on any atom is -0.458 e. The minimum absolute atomic E-state index is 0.0618. The molecule has 0 spiro atoms. The number of allylic oxidation sites excluding steroid dienone is 1. The number of ketones is 1. The standard InChI is InChI=1S/C38H51NO13/c1-19-23(49-32(46)27(43)30(44)39-33(47)52-34(3,4)5)17-37(9)29(50-31(45)21-13-11-10-12-14-21)28-36(8,16-22(41)26(19)35(37,6)7)24(42)15-25-38(28,18-48-25)51-20(2)40/h10-14,23-25,27-30,42-44H,15-18H2,1-9H3,(H,39,47)/t23-,24-,25+,27+,28-,29-,30-,36+,37-,38-/m0/s1. The smallest absolute Gasteiger partial charge is 0.409 e. The molecule has 1 saturated heterocycles. The van der Waals surface area contributed by atoms with Gasteiger partial charge in [0.05, 0.1) is 18.3 Å². The summed E-state index contributed by atoms with van der Waals surface area (Å²) in [7, 11) is 0. The Morgan fingerprint density at radius 1 is 1.02 bits per heavy atom. The Labute approximate surface area is 303 Å². The first-order valence-corrected chi connectivity index (χ1v) is 17.5. The fourth-order valence-electron chi connectivity index (χ4n) is 8.92. The van der Waals surface area contributed by atoms with E-state index in [9.17, 15) is 39.3 Å². The Balaban J connectivity index is 1.62. The fourth-order valence-corrected chi connectivity index (χ4v) is 8.92. The molecule has 3 fully saturated rings. The van der Waals surface area contributed by atoms with Crippen LogP contribution in [0.2, 0.25) is 0 Å². The molecule has 1 aromatic rings. The number of nitrogens with one attached hydrogen (secondary N) is 1. The molecular formula is C38H51NO13. The van der Waals surface area contributed by atoms with E-state index in [0.29, 0.717) is 11.1 Å². The largest absolute Gasteiger partial charge is 0.458 e. The van der Waals surface area contributed by atoms with Crippen LogP contribution in [0.15, 0.2) is 41.5 Å². The summed E-state index contributed by atoms with van der Waals surface area (Å²) >= 11 is 0. The summed E-state index contributed by atoms with van der Waals surface area (Å²) < 4.78 is 29.5. The Kier molecular flexibility index (Phi) is 10.2. The third kappa shape index (κ3) is 6.63. The van der Waals surface area contributed by atoms with Gasteiger partial charge in [-0.2, -0.15) is 0 Å². The van der Waals surface area contributed by atoms with E-state index < -0.39 is 94.1 Å². The van der Waals surface area contributed by atoms with Crippen LogP contribution in [0.25, 0.3) is 0 Å². The number of hydrogen-bond donors (Lipinski definition) is 4. The van der Waals surface area contributed by atoms with Crippen molar-refractivity contribution in [3.05, 3.63) is 47.0 Å². The van der Waals surface area contributed by atoms with Crippen molar-refractivity contribution in [2.45, 2.75) is 130 Å². The molecule has 3 aliphatic carbocycles. The molecule has 4 aliphatic rings. The van der Waals surface area contributed by atoms with Gasteiger partial charge in [0.1, 0.15) is 23.9 Å². The first kappa shape index (κ1) is 39.4. The molecule has 14 heteroatoms. The Hall–Kier alpha value is -3.85. The van der Waals surface area contributed by atoms with E-state index in [1.54, 1.807) is 71.9 Å². The van der Waals surface area contributed by atoms with Crippen molar-refractivity contribution in [1.29, 1.82) is 0 Å². The molecule has 2 bridgehead atoms. The molecule has 1 heterocycles. The third-order valence-electron chi connectivity index (χ3n) is 11.8. The van der Waals surface area contributed by atoms with Crippen LogP contribution in [0, 0.1) is 22.2 Å². The average molecular weight is 730 g/mol. The van der Waals surface area contributed by atoms with Crippen molar-refractivity contribution < 1.29 is 63.0 Å². The number of aliphatic hydroxyl groups excluding tert-OH is 3. The summed E-state index contributed by atoms with van der Waals surface area (Å²) in [6.07, 6.45) is -9.87. The lowest BCUT2D eigenvalue weighted by Crippen LogP contribution is -2.78. The molecule has 0 aromatic heterocycles. The molecule has 10 atom stereocenters. The first-order valence-electron chi connectivity index (χ1n) is 17.5. The monoisotopic (exact) mass is 729 g/mol. The number of amides is 1. The second-order valence-electron chi connectivity index (χ2n) is 16.6. The molecule has 0 unspecified atom stereocenters. The van der Waals surface area contributed by atoms with Crippen molar-refractivity contribution in [3.8, 4) is 0 Å². The predicted octanol–water partition coefficient (Wildman–Crippen LogP) is 3.14. The molecule has 0 radical (unpaired) electrons. The van der Waals surface area contributed by atoms with Gasteiger partial charge in [-0.3, -0.25) is 14.9 Å². The Morgan fingerprint density at radius 3 is 2.21 bits per heavy atom. The molecule has 1 aliphatic heterocycles. The number of esters is 3. The molecule has 286 valence electrons. The normalized spacial score (nSPS) is 34.8. The summed E-state index contributed by atoms with van der Waals surface area (Å²) in [5.74, 6) is -3.93. The second-order valence-corrected chi connectivity index (χ2v) is 16.6. The molecule has 14 nitrogen and oxygen atoms in total. The predicted molar refractivity (Wildman–Crippen MR) is 182 cm³/mol. The van der Waals surface area contributed by atoms with Gasteiger partial charge in [0.2, 0.25) is 0 Å². The van der Waals surface area contributed by atoms with Crippen molar-refractivity contribution in [1.82, 2.24) is 5.32 Å². The number of carbonyl (C=O) groups is 5. The van der Waals surface area contributed by atoms with Crippen molar-refractivity contribution >= 4 is 29.8 Å². The summed E-state index contributed by atoms with van der Waals surface area (Å²) in [6, 6.07) is 8.29. The summed E-state index contributed by atoms with van der Waals surface area (Å²) in [5, 5.41) is 35.1. The maximum absolute atomic E-state index is 14.6. The lowest BCUT2D eigenvalue weighted by Gasteiger charge is -2.68. The van der Waals surface area contributed by atoms with Gasteiger partial charge in [0, 0.05) is 47.5 Å². The minimum atomic E-state index is -2.24. The molecule has 1 aromatic carbocycles. The van der Waals surface area contributed by atoms with Crippen LogP contribution < -0.4 is 5.32 Å². The SMILES string of the molecule is CC(=O)O[C@@]12CO[C@@H]1C[C@H](O)[C@@]1(C)CC(=O)C3=C(C)[C@@H](OC(=O)[C@H](O)[C@H](O)NC(=O)OC(C)(C)C)C[C@@](C)([C@@H](OC(=O)c4ccccc4)[C@@H]12)C3(C)C. The van der Waals surface area contributed by atoms with E-state index >= 15 is 0 Å². The lowest BCUT2D eigenvalue weighted by molar-refractivity contribution is -0.344. The van der Waals surface area contributed by atoms with Crippen molar-refractivity contribution in [2.24, 2.45) is 22.2 Å². The topological polar surface area (TPSA) is 204 Å². The van der Waals surface area contributed by atoms with Crippen LogP contribution >= 0.6 is 0 Å². The van der Waals surface area contributed by atoms with Crippen LogP contribution in [-0.4, -0.2) is 99.7 Å². The van der Waals surface area contributed by atoms with E-state index in [4.69, 9.17) is 23.7 Å². The maximum Gasteiger partial charge on any atom is 0.409 e. The highest BCUT2D eigenvalue weighted by Gasteiger charge is 2.75. The summed E-state index contributed by atoms with van der Waals surface area (Å²) in [4.78, 5) is 67.1. The van der Waals surface area contributed by atoms with Crippen LogP contribution in [-0.2, 0) is 38.1 Å². The number of hydrogen-bond acceptors (Lipinski definition) is 13. The maximum atomic E-state index is 14.6. The average Bonchev–Trinajstić information content (AvgIpc) is 3.02. The molecule has 2 saturated carbocycles. The highest BCUT2D eigenvalue weighted by Crippen LogP contribution is 2.67. The second kappa shape index (κ2) is 13.5. The summed E-state index contributed by atoms with van der Waals surface area (Å²) in [5.41, 5.74) is -5.02. The van der Waals surface area contributed by atoms with Crippen LogP contribution in [0.1, 0.15) is 91.9 Å². The van der Waals surface area contributed by atoms with Crippen LogP contribution in [0.5, 0.6) is 0 Å². The van der Waals surface area contributed by atoms with E-state index in [1.165, 1.54) is 6.92 Å². The third-order valence-corrected chi connectivity index (χ3v) is 11.8. The van der Waals surface area contributed by atoms with Gasteiger partial charge in [0.25, 0.3) is 0 Å². The number of aliphatic hydroxyl groups is 3. The van der Waals surface area contributed by atoms with Gasteiger partial charge < -0.3 is 39.0 Å². The van der Waals surface area contributed by atoms with E-state index in [2.05, 4.69) is 0 Å². The molecule has 4 N–H and O–H groups in total. The number of benzene rings is 1. The highest BCUT2D eigenvalue weighted by atomic mass is 16.6.